The summed E-state index contributed by atoms with van der Waals surface area (Å²) in [6, 6.07) is 0.812. The highest BCUT2D eigenvalue weighted by Gasteiger charge is 2.60. The zero-order valence-corrected chi connectivity index (χ0v) is 13.4. The van der Waals surface area contributed by atoms with Gasteiger partial charge in [-0.1, -0.05) is 0 Å². The third kappa shape index (κ3) is 2.09. The van der Waals surface area contributed by atoms with Crippen molar-refractivity contribution < 1.29 is 48.7 Å². The van der Waals surface area contributed by atoms with Gasteiger partial charge in [-0.2, -0.15) is 0 Å². The zero-order chi connectivity index (χ0) is 19.4. The van der Waals surface area contributed by atoms with Gasteiger partial charge in [0.1, 0.15) is 0 Å². The summed E-state index contributed by atoms with van der Waals surface area (Å²) in [6.45, 7) is 0. The highest BCUT2D eigenvalue weighted by molar-refractivity contribution is 6.25. The number of carbonyl (C=O) groups excluding carboxylic acids is 4. The minimum absolute atomic E-state index is 0.342. The predicted molar refractivity (Wildman–Crippen MR) is 79.5 cm³/mol. The van der Waals surface area contributed by atoms with Crippen LogP contribution in [0, 0.1) is 0 Å². The lowest BCUT2D eigenvalue weighted by Crippen LogP contribution is -2.59. The van der Waals surface area contributed by atoms with Crippen LogP contribution in [-0.2, 0) is 23.9 Å². The number of carbonyl (C=O) groups is 4. The maximum absolute atomic E-state index is 12.7. The Labute approximate surface area is 145 Å². The van der Waals surface area contributed by atoms with E-state index < -0.39 is 63.6 Å². The van der Waals surface area contributed by atoms with Crippen molar-refractivity contribution in [3.63, 3.8) is 0 Å². The van der Waals surface area contributed by atoms with Crippen LogP contribution < -0.4 is 4.74 Å². The maximum Gasteiger partial charge on any atom is 0.338 e. The molecule has 1 aromatic carbocycles. The Morgan fingerprint density at radius 3 is 2.35 bits per heavy atom. The lowest BCUT2D eigenvalue weighted by atomic mass is 9.74. The van der Waals surface area contributed by atoms with Gasteiger partial charge in [-0.15, -0.1) is 0 Å². The van der Waals surface area contributed by atoms with Gasteiger partial charge in [-0.3, -0.25) is 9.59 Å². The number of ether oxygens (including phenoxy) is 3. The average molecular weight is 364 g/mol. The number of benzene rings is 1. The Bertz CT molecular complexity index is 912. The molecule has 0 radical (unpaired) electrons. The number of Topliss-reactive ketones (excluding diaryl/α,β-unsaturated/α-hetero) is 1. The number of fused-ring (bicyclic) bond motifs is 4. The van der Waals surface area contributed by atoms with Crippen LogP contribution in [-0.4, -0.2) is 58.8 Å². The summed E-state index contributed by atoms with van der Waals surface area (Å²) in [5.74, 6) is -11.7. The van der Waals surface area contributed by atoms with E-state index in [1.54, 1.807) is 0 Å². The number of esters is 2. The second kappa shape index (κ2) is 5.56. The highest BCUT2D eigenvalue weighted by Crippen LogP contribution is 2.52. The molecule has 0 spiro atoms. The van der Waals surface area contributed by atoms with E-state index in [-0.39, 0.29) is 5.56 Å². The first-order valence-corrected chi connectivity index (χ1v) is 7.14. The molecule has 10 nitrogen and oxygen atoms in total. The molecule has 3 rings (SSSR count). The number of hydrogen-bond donors (Lipinski definition) is 3. The first kappa shape index (κ1) is 17.4. The van der Waals surface area contributed by atoms with E-state index in [0.717, 1.165) is 20.3 Å². The molecule has 0 saturated heterocycles. The minimum atomic E-state index is -3.02. The summed E-state index contributed by atoms with van der Waals surface area (Å²) >= 11 is 0. The Hall–Kier alpha value is -3.40. The van der Waals surface area contributed by atoms with Gasteiger partial charge in [0.15, 0.2) is 11.5 Å². The van der Waals surface area contributed by atoms with Crippen molar-refractivity contribution in [3.8, 4) is 17.2 Å². The molecule has 1 aliphatic carbocycles. The van der Waals surface area contributed by atoms with Crippen molar-refractivity contribution in [2.24, 2.45) is 0 Å². The Kier molecular flexibility index (Phi) is 3.73. The molecule has 0 amide bonds. The third-order valence-corrected chi connectivity index (χ3v) is 4.17. The van der Waals surface area contributed by atoms with Crippen molar-refractivity contribution >= 4 is 23.5 Å². The first-order chi connectivity index (χ1) is 12.2. The van der Waals surface area contributed by atoms with Gasteiger partial charge in [0.05, 0.1) is 31.3 Å². The van der Waals surface area contributed by atoms with Gasteiger partial charge >= 0.3 is 17.7 Å². The van der Waals surface area contributed by atoms with Crippen LogP contribution in [0.5, 0.6) is 17.2 Å². The second-order valence-electron chi connectivity index (χ2n) is 5.53. The fraction of sp³-hybridized carbons (Fsp3) is 0.250. The molecule has 1 aliphatic heterocycles. The lowest BCUT2D eigenvalue weighted by molar-refractivity contribution is -0.184. The number of aliphatic hydroxyl groups is 1. The monoisotopic (exact) mass is 364 g/mol. The van der Waals surface area contributed by atoms with E-state index in [4.69, 9.17) is 4.74 Å². The Balaban J connectivity index is 2.41. The minimum Gasteiger partial charge on any atom is -0.504 e. The van der Waals surface area contributed by atoms with Gasteiger partial charge in [-0.25, -0.2) is 9.59 Å². The van der Waals surface area contributed by atoms with E-state index in [9.17, 15) is 34.5 Å². The molecule has 26 heavy (non-hydrogen) atoms. The molecular weight excluding hydrogens is 352 g/mol. The van der Waals surface area contributed by atoms with Gasteiger partial charge in [0, 0.05) is 11.6 Å². The van der Waals surface area contributed by atoms with Gasteiger partial charge in [0.2, 0.25) is 17.3 Å². The summed E-state index contributed by atoms with van der Waals surface area (Å²) in [6.07, 6.45) is 0.672. The standard InChI is InChI=1S/C16H12O10/c1-24-14(21)5-3-7(17)11(19)12-9(5)10-6(15(22)25-2)4-8(18)16(23,26-12)13(10)20/h3-4,10,17,19,23H,1-2H3/t10-,16-/m0/s1. The third-order valence-electron chi connectivity index (χ3n) is 4.17. The average Bonchev–Trinajstić information content (AvgIpc) is 2.62. The quantitative estimate of drug-likeness (QED) is 0.348. The van der Waals surface area contributed by atoms with Crippen LogP contribution in [0.4, 0.5) is 0 Å². The van der Waals surface area contributed by atoms with Crippen molar-refractivity contribution in [1.29, 1.82) is 0 Å². The van der Waals surface area contributed by atoms with Crippen molar-refractivity contribution in [3.05, 3.63) is 28.8 Å². The largest absolute Gasteiger partial charge is 0.504 e. The van der Waals surface area contributed by atoms with Crippen LogP contribution in [0.15, 0.2) is 17.7 Å². The van der Waals surface area contributed by atoms with Gasteiger partial charge in [-0.05, 0) is 6.07 Å². The molecule has 2 atom stereocenters. The topological polar surface area (TPSA) is 157 Å². The molecule has 0 unspecified atom stereocenters. The van der Waals surface area contributed by atoms with Crippen LogP contribution in [0.3, 0.4) is 0 Å². The Morgan fingerprint density at radius 2 is 1.77 bits per heavy atom. The van der Waals surface area contributed by atoms with Crippen molar-refractivity contribution in [1.82, 2.24) is 0 Å². The van der Waals surface area contributed by atoms with E-state index in [1.165, 1.54) is 0 Å². The van der Waals surface area contributed by atoms with Gasteiger partial charge in [0.25, 0.3) is 0 Å². The smallest absolute Gasteiger partial charge is 0.338 e. The summed E-state index contributed by atoms with van der Waals surface area (Å²) in [5.41, 5.74) is -1.21. The molecular formula is C16H12O10. The van der Waals surface area contributed by atoms with Crippen LogP contribution >= 0.6 is 0 Å². The fourth-order valence-corrected chi connectivity index (χ4v) is 2.93. The van der Waals surface area contributed by atoms with Crippen LogP contribution in [0.1, 0.15) is 21.8 Å². The summed E-state index contributed by atoms with van der Waals surface area (Å²) in [5, 5.41) is 30.2. The molecule has 136 valence electrons. The normalized spacial score (nSPS) is 23.5. The fourth-order valence-electron chi connectivity index (χ4n) is 2.93. The summed E-state index contributed by atoms with van der Waals surface area (Å²) < 4.78 is 14.1. The second-order valence-corrected chi connectivity index (χ2v) is 5.53. The number of methoxy groups -OCH3 is 2. The number of rotatable bonds is 2. The SMILES string of the molecule is COC(=O)C1=CC(=O)[C@]2(O)Oc3c(O)c(O)cc(C(=O)OC)c3[C@H]1C2=O. The molecule has 1 heterocycles. The number of hydrogen-bond acceptors (Lipinski definition) is 10. The van der Waals surface area contributed by atoms with Crippen LogP contribution in [0.25, 0.3) is 0 Å². The summed E-state index contributed by atoms with van der Waals surface area (Å²) in [4.78, 5) is 48.9. The number of ketones is 2. The van der Waals surface area contributed by atoms with E-state index in [1.807, 2.05) is 0 Å². The lowest BCUT2D eigenvalue weighted by Gasteiger charge is -2.39. The molecule has 2 bridgehead atoms. The molecule has 0 fully saturated rings. The number of aromatic hydroxyl groups is 2. The number of phenolic OH excluding ortho intramolecular Hbond substituents is 2. The zero-order valence-electron chi connectivity index (χ0n) is 13.4. The van der Waals surface area contributed by atoms with E-state index in [0.29, 0.717) is 6.08 Å². The maximum atomic E-state index is 12.7. The molecule has 1 aromatic rings. The highest BCUT2D eigenvalue weighted by atomic mass is 16.6. The number of phenols is 2. The summed E-state index contributed by atoms with van der Waals surface area (Å²) in [7, 11) is 2.04. The first-order valence-electron chi connectivity index (χ1n) is 7.14. The van der Waals surface area contributed by atoms with Gasteiger partial charge < -0.3 is 29.5 Å². The molecule has 2 aliphatic rings. The van der Waals surface area contributed by atoms with Crippen LogP contribution in [0.2, 0.25) is 0 Å². The molecule has 3 N–H and O–H groups in total. The van der Waals surface area contributed by atoms with Crippen molar-refractivity contribution in [2.45, 2.75) is 11.7 Å². The predicted octanol–water partition coefficient (Wildman–Crippen LogP) is -0.700. The molecule has 0 saturated carbocycles. The van der Waals surface area contributed by atoms with Crippen molar-refractivity contribution in [2.75, 3.05) is 14.2 Å². The van der Waals surface area contributed by atoms with E-state index in [2.05, 4.69) is 9.47 Å². The molecule has 10 heteroatoms. The molecule has 0 aromatic heterocycles. The Morgan fingerprint density at radius 1 is 1.15 bits per heavy atom. The van der Waals surface area contributed by atoms with E-state index >= 15 is 0 Å².